The molecule has 0 unspecified atom stereocenters. The number of allylic oxidation sites excluding steroid dienone is 1. The molecule has 1 fully saturated rings. The first kappa shape index (κ1) is 16.4. The molecule has 1 amide bonds. The van der Waals surface area contributed by atoms with Gasteiger partial charge in [0.1, 0.15) is 5.75 Å². The number of methoxy groups -OCH3 is 1. The molecule has 2 aromatic rings. The van der Waals surface area contributed by atoms with E-state index in [0.717, 1.165) is 11.8 Å². The van der Waals surface area contributed by atoms with Gasteiger partial charge in [-0.1, -0.05) is 66.4 Å². The van der Waals surface area contributed by atoms with E-state index in [1.165, 1.54) is 18.1 Å². The highest BCUT2D eigenvalue weighted by atomic mass is 32.2. The molecular formula is C18H13NO3S2. The number of anilines is 1. The quantitative estimate of drug-likeness (QED) is 0.474. The number of para-hydroxylation sites is 2. The van der Waals surface area contributed by atoms with E-state index in [1.54, 1.807) is 42.5 Å². The molecule has 0 aromatic heterocycles. The zero-order valence-electron chi connectivity index (χ0n) is 12.8. The molecule has 0 N–H and O–H groups in total. The Bertz CT molecular complexity index is 846. The molecule has 1 saturated heterocycles. The number of thioether (sulfide) groups is 1. The summed E-state index contributed by atoms with van der Waals surface area (Å²) in [5, 5.41) is 0. The lowest BCUT2D eigenvalue weighted by Gasteiger charge is -2.17. The number of ether oxygens (including phenoxy) is 1. The predicted octanol–water partition coefficient (Wildman–Crippen LogP) is 3.83. The lowest BCUT2D eigenvalue weighted by atomic mass is 10.1. The van der Waals surface area contributed by atoms with Gasteiger partial charge in [-0.25, -0.2) is 0 Å². The number of carbonyl (C=O) groups excluding carboxylic acids is 2. The van der Waals surface area contributed by atoms with Gasteiger partial charge >= 0.3 is 0 Å². The summed E-state index contributed by atoms with van der Waals surface area (Å²) in [5.74, 6) is -0.000608. The second-order valence-electron chi connectivity index (χ2n) is 4.92. The maximum Gasteiger partial charge on any atom is 0.271 e. The highest BCUT2D eigenvalue weighted by Crippen LogP contribution is 2.39. The van der Waals surface area contributed by atoms with Crippen LogP contribution in [0.1, 0.15) is 10.4 Å². The van der Waals surface area contributed by atoms with Crippen molar-refractivity contribution < 1.29 is 14.3 Å². The minimum absolute atomic E-state index is 0.226. The topological polar surface area (TPSA) is 46.6 Å². The maximum atomic E-state index is 12.7. The van der Waals surface area contributed by atoms with Gasteiger partial charge in [-0.05, 0) is 12.1 Å². The zero-order chi connectivity index (χ0) is 17.1. The van der Waals surface area contributed by atoms with Crippen molar-refractivity contribution in [2.75, 3.05) is 12.0 Å². The Morgan fingerprint density at radius 1 is 1.12 bits per heavy atom. The van der Waals surface area contributed by atoms with Crippen LogP contribution in [0.4, 0.5) is 5.69 Å². The number of ketones is 1. The Labute approximate surface area is 149 Å². The third-order valence-electron chi connectivity index (χ3n) is 3.44. The van der Waals surface area contributed by atoms with E-state index in [1.807, 2.05) is 12.1 Å². The molecule has 0 radical (unpaired) electrons. The molecule has 24 heavy (non-hydrogen) atoms. The molecule has 0 bridgehead atoms. The predicted molar refractivity (Wildman–Crippen MR) is 99.5 cm³/mol. The van der Waals surface area contributed by atoms with Crippen LogP contribution in [0, 0.1) is 0 Å². The molecule has 0 aliphatic carbocycles. The van der Waals surface area contributed by atoms with Crippen molar-refractivity contribution in [3.05, 3.63) is 71.1 Å². The molecule has 1 aliphatic rings. The normalized spacial score (nSPS) is 15.9. The smallest absolute Gasteiger partial charge is 0.271 e. The fourth-order valence-corrected chi connectivity index (χ4v) is 3.55. The molecular weight excluding hydrogens is 342 g/mol. The van der Waals surface area contributed by atoms with Crippen molar-refractivity contribution in [1.29, 1.82) is 0 Å². The number of benzene rings is 2. The van der Waals surface area contributed by atoms with Gasteiger partial charge in [0.2, 0.25) is 0 Å². The number of carbonyl (C=O) groups is 2. The summed E-state index contributed by atoms with van der Waals surface area (Å²) < 4.78 is 5.66. The van der Waals surface area contributed by atoms with Gasteiger partial charge in [-0.3, -0.25) is 14.5 Å². The van der Waals surface area contributed by atoms with Gasteiger partial charge < -0.3 is 4.74 Å². The van der Waals surface area contributed by atoms with E-state index in [9.17, 15) is 9.59 Å². The van der Waals surface area contributed by atoms with E-state index in [4.69, 9.17) is 17.0 Å². The van der Waals surface area contributed by atoms with E-state index in [0.29, 0.717) is 26.2 Å². The Morgan fingerprint density at radius 3 is 2.50 bits per heavy atom. The largest absolute Gasteiger partial charge is 0.495 e. The summed E-state index contributed by atoms with van der Waals surface area (Å²) in [6, 6.07) is 15.9. The van der Waals surface area contributed by atoms with Gasteiger partial charge in [-0.15, -0.1) is 0 Å². The first-order valence-electron chi connectivity index (χ1n) is 7.12. The van der Waals surface area contributed by atoms with Crippen molar-refractivity contribution in [2.45, 2.75) is 0 Å². The summed E-state index contributed by atoms with van der Waals surface area (Å²) in [4.78, 5) is 26.7. The minimum Gasteiger partial charge on any atom is -0.495 e. The number of nitrogens with zero attached hydrogens (tertiary/aromatic N) is 1. The fourth-order valence-electron chi connectivity index (χ4n) is 2.29. The highest BCUT2D eigenvalue weighted by Gasteiger charge is 2.35. The Hall–Kier alpha value is -2.44. The number of rotatable bonds is 4. The molecule has 0 spiro atoms. The van der Waals surface area contributed by atoms with Gasteiger partial charge in [0, 0.05) is 11.6 Å². The van der Waals surface area contributed by atoms with Gasteiger partial charge in [0.15, 0.2) is 10.1 Å². The number of hydrogen-bond donors (Lipinski definition) is 0. The molecule has 120 valence electrons. The fraction of sp³-hybridized carbons (Fsp3) is 0.0556. The SMILES string of the molecule is COc1ccccc1N1C(=O)/C(=C/C(=O)c2ccccc2)SC1=S. The summed E-state index contributed by atoms with van der Waals surface area (Å²) >= 11 is 6.43. The first-order valence-corrected chi connectivity index (χ1v) is 8.34. The average Bonchev–Trinajstić information content (AvgIpc) is 2.89. The summed E-state index contributed by atoms with van der Waals surface area (Å²) in [6.45, 7) is 0. The van der Waals surface area contributed by atoms with Crippen LogP contribution in [0.3, 0.4) is 0 Å². The third-order valence-corrected chi connectivity index (χ3v) is 4.74. The summed E-state index contributed by atoms with van der Waals surface area (Å²) in [5.41, 5.74) is 1.10. The maximum absolute atomic E-state index is 12.7. The van der Waals surface area contributed by atoms with Gasteiger partial charge in [0.05, 0.1) is 17.7 Å². The second kappa shape index (κ2) is 6.98. The molecule has 1 aliphatic heterocycles. The van der Waals surface area contributed by atoms with Crippen LogP contribution in [0.25, 0.3) is 0 Å². The van der Waals surface area contributed by atoms with Crippen LogP contribution in [0.2, 0.25) is 0 Å². The van der Waals surface area contributed by atoms with Crippen LogP contribution in [0.5, 0.6) is 5.75 Å². The Morgan fingerprint density at radius 2 is 1.79 bits per heavy atom. The van der Waals surface area contributed by atoms with Crippen LogP contribution in [0.15, 0.2) is 65.6 Å². The first-order chi connectivity index (χ1) is 11.6. The Balaban J connectivity index is 1.92. The lowest BCUT2D eigenvalue weighted by Crippen LogP contribution is -2.28. The molecule has 3 rings (SSSR count). The van der Waals surface area contributed by atoms with Crippen molar-refractivity contribution in [3.8, 4) is 5.75 Å². The number of amides is 1. The monoisotopic (exact) mass is 355 g/mol. The summed E-state index contributed by atoms with van der Waals surface area (Å²) in [6.07, 6.45) is 1.34. The van der Waals surface area contributed by atoms with E-state index >= 15 is 0 Å². The van der Waals surface area contributed by atoms with E-state index < -0.39 is 0 Å². The number of hydrogen-bond acceptors (Lipinski definition) is 5. The standard InChI is InChI=1S/C18H13NO3S2/c1-22-15-10-6-5-9-13(15)19-17(21)16(24-18(19)23)11-14(20)12-7-3-2-4-8-12/h2-11H,1H3/b16-11-. The van der Waals surface area contributed by atoms with Crippen LogP contribution in [-0.4, -0.2) is 23.1 Å². The van der Waals surface area contributed by atoms with Crippen molar-refractivity contribution in [1.82, 2.24) is 0 Å². The molecule has 4 nitrogen and oxygen atoms in total. The lowest BCUT2D eigenvalue weighted by molar-refractivity contribution is -0.113. The van der Waals surface area contributed by atoms with E-state index in [-0.39, 0.29) is 11.7 Å². The molecule has 0 atom stereocenters. The molecule has 6 heteroatoms. The van der Waals surface area contributed by atoms with Crippen LogP contribution < -0.4 is 9.64 Å². The Kier molecular flexibility index (Phi) is 4.78. The highest BCUT2D eigenvalue weighted by molar-refractivity contribution is 8.27. The third kappa shape index (κ3) is 3.11. The molecule has 0 saturated carbocycles. The van der Waals surface area contributed by atoms with Crippen molar-refractivity contribution >= 4 is 45.7 Å². The minimum atomic E-state index is -0.321. The second-order valence-corrected chi connectivity index (χ2v) is 6.60. The van der Waals surface area contributed by atoms with E-state index in [2.05, 4.69) is 0 Å². The van der Waals surface area contributed by atoms with Crippen LogP contribution >= 0.6 is 24.0 Å². The van der Waals surface area contributed by atoms with Crippen LogP contribution in [-0.2, 0) is 4.79 Å². The van der Waals surface area contributed by atoms with Crippen molar-refractivity contribution in [3.63, 3.8) is 0 Å². The molecule has 1 heterocycles. The zero-order valence-corrected chi connectivity index (χ0v) is 14.4. The van der Waals surface area contributed by atoms with Crippen molar-refractivity contribution in [2.24, 2.45) is 0 Å². The summed E-state index contributed by atoms with van der Waals surface area (Å²) in [7, 11) is 1.53. The average molecular weight is 355 g/mol. The number of thiocarbonyl (C=S) groups is 1. The molecule has 2 aromatic carbocycles. The van der Waals surface area contributed by atoms with Gasteiger partial charge in [-0.2, -0.15) is 0 Å². The van der Waals surface area contributed by atoms with Gasteiger partial charge in [0.25, 0.3) is 5.91 Å².